The van der Waals surface area contributed by atoms with Gasteiger partial charge >= 0.3 is 5.97 Å². The fourth-order valence-corrected chi connectivity index (χ4v) is 4.51. The van der Waals surface area contributed by atoms with Crippen molar-refractivity contribution in [2.75, 3.05) is 5.32 Å². The lowest BCUT2D eigenvalue weighted by molar-refractivity contribution is -0.131. The monoisotopic (exact) mass is 485 g/mol. The van der Waals surface area contributed by atoms with Gasteiger partial charge in [0.1, 0.15) is 0 Å². The number of aliphatic carboxylic acids is 1. The van der Waals surface area contributed by atoms with Gasteiger partial charge < -0.3 is 10.4 Å². The standard InChI is InChI=1S/C32H27N3O2/c1-2-29(23-13-16-28(17-14-23)34-27-6-4-3-5-7-27)32(25-15-18-30-26(20-25)21-33-35-30)24-11-8-22(9-12-24)10-19-31(36)37/h3-21,34H,2H2,1H3,(H,33,35)(H,36,37)/b19-10+,32-29+. The Morgan fingerprint density at radius 3 is 2.24 bits per heavy atom. The zero-order valence-corrected chi connectivity index (χ0v) is 20.5. The first-order chi connectivity index (χ1) is 18.1. The molecule has 0 bridgehead atoms. The summed E-state index contributed by atoms with van der Waals surface area (Å²) in [4.78, 5) is 10.9. The Bertz CT molecular complexity index is 1580. The van der Waals surface area contributed by atoms with Gasteiger partial charge in [-0.2, -0.15) is 5.10 Å². The molecular weight excluding hydrogens is 458 g/mol. The summed E-state index contributed by atoms with van der Waals surface area (Å²) in [6.07, 6.45) is 5.43. The number of hydrogen-bond donors (Lipinski definition) is 3. The minimum atomic E-state index is -0.962. The molecule has 0 saturated heterocycles. The predicted octanol–water partition coefficient (Wildman–Crippen LogP) is 7.77. The number of anilines is 2. The molecule has 0 unspecified atom stereocenters. The number of rotatable bonds is 8. The maximum Gasteiger partial charge on any atom is 0.328 e. The number of carboxylic acid groups (broad SMARTS) is 1. The van der Waals surface area contributed by atoms with E-state index in [9.17, 15) is 4.79 Å². The molecule has 1 heterocycles. The van der Waals surface area contributed by atoms with E-state index in [2.05, 4.69) is 77.0 Å². The lowest BCUT2D eigenvalue weighted by Crippen LogP contribution is -1.96. The molecule has 5 rings (SSSR count). The van der Waals surface area contributed by atoms with Crippen LogP contribution in [0.1, 0.15) is 35.6 Å². The molecule has 5 heteroatoms. The van der Waals surface area contributed by atoms with E-state index in [1.807, 2.05) is 48.7 Å². The number of allylic oxidation sites excluding steroid dienone is 1. The van der Waals surface area contributed by atoms with Crippen molar-refractivity contribution in [1.82, 2.24) is 10.2 Å². The van der Waals surface area contributed by atoms with E-state index in [1.54, 1.807) is 6.08 Å². The first-order valence-electron chi connectivity index (χ1n) is 12.2. The molecule has 1 aromatic heterocycles. The van der Waals surface area contributed by atoms with Crippen LogP contribution in [0.3, 0.4) is 0 Å². The summed E-state index contributed by atoms with van der Waals surface area (Å²) in [6.45, 7) is 2.17. The highest BCUT2D eigenvalue weighted by atomic mass is 16.4. The summed E-state index contributed by atoms with van der Waals surface area (Å²) in [5, 5.41) is 20.7. The van der Waals surface area contributed by atoms with Crippen LogP contribution >= 0.6 is 0 Å². The Morgan fingerprint density at radius 1 is 0.865 bits per heavy atom. The molecule has 0 radical (unpaired) electrons. The Hall–Kier alpha value is -4.90. The maximum atomic E-state index is 10.9. The van der Waals surface area contributed by atoms with Gasteiger partial charge in [-0.25, -0.2) is 4.79 Å². The Kier molecular flexibility index (Phi) is 6.95. The van der Waals surface area contributed by atoms with E-state index in [1.165, 1.54) is 5.57 Å². The molecule has 0 aliphatic rings. The maximum absolute atomic E-state index is 10.9. The third-order valence-corrected chi connectivity index (χ3v) is 6.30. The van der Waals surface area contributed by atoms with Crippen LogP contribution in [-0.4, -0.2) is 21.3 Å². The molecule has 5 aromatic rings. The van der Waals surface area contributed by atoms with Crippen LogP contribution in [-0.2, 0) is 4.79 Å². The highest BCUT2D eigenvalue weighted by Crippen LogP contribution is 2.36. The minimum Gasteiger partial charge on any atom is -0.478 e. The molecule has 0 aliphatic carbocycles. The van der Waals surface area contributed by atoms with Gasteiger partial charge in [-0.1, -0.05) is 67.6 Å². The predicted molar refractivity (Wildman–Crippen MR) is 152 cm³/mol. The van der Waals surface area contributed by atoms with Gasteiger partial charge in [-0.3, -0.25) is 5.10 Å². The van der Waals surface area contributed by atoms with Crippen LogP contribution in [0, 0.1) is 0 Å². The number of hydrogen-bond acceptors (Lipinski definition) is 3. The lowest BCUT2D eigenvalue weighted by Gasteiger charge is -2.17. The van der Waals surface area contributed by atoms with Crippen molar-refractivity contribution >= 4 is 45.5 Å². The van der Waals surface area contributed by atoms with Crippen LogP contribution in [0.2, 0.25) is 0 Å². The van der Waals surface area contributed by atoms with Crippen molar-refractivity contribution in [3.05, 3.63) is 132 Å². The van der Waals surface area contributed by atoms with Gasteiger partial charge in [-0.05, 0) is 82.3 Å². The third-order valence-electron chi connectivity index (χ3n) is 6.30. The molecule has 5 nitrogen and oxygen atoms in total. The van der Waals surface area contributed by atoms with E-state index >= 15 is 0 Å². The van der Waals surface area contributed by atoms with Gasteiger partial charge in [0.2, 0.25) is 0 Å². The molecule has 182 valence electrons. The zero-order chi connectivity index (χ0) is 25.6. The van der Waals surface area contributed by atoms with E-state index in [0.717, 1.165) is 62.6 Å². The molecule has 0 fully saturated rings. The molecule has 0 spiro atoms. The molecule has 37 heavy (non-hydrogen) atoms. The number of aromatic amines is 1. The normalized spacial score (nSPS) is 12.0. The fraction of sp³-hybridized carbons (Fsp3) is 0.0625. The number of carboxylic acids is 1. The zero-order valence-electron chi connectivity index (χ0n) is 20.5. The first kappa shape index (κ1) is 23.8. The highest BCUT2D eigenvalue weighted by Gasteiger charge is 2.14. The number of para-hydroxylation sites is 1. The van der Waals surface area contributed by atoms with Gasteiger partial charge in [0.05, 0.1) is 11.7 Å². The SMILES string of the molecule is CC/C(=C(/c1ccc(/C=C/C(=O)O)cc1)c1ccc2[nH]ncc2c1)c1ccc(Nc2ccccc2)cc1. The largest absolute Gasteiger partial charge is 0.478 e. The molecule has 0 amide bonds. The molecule has 4 aromatic carbocycles. The summed E-state index contributed by atoms with van der Waals surface area (Å²) in [6, 6.07) is 33.0. The summed E-state index contributed by atoms with van der Waals surface area (Å²) < 4.78 is 0. The van der Waals surface area contributed by atoms with E-state index in [0.29, 0.717) is 0 Å². The van der Waals surface area contributed by atoms with Crippen molar-refractivity contribution in [1.29, 1.82) is 0 Å². The second kappa shape index (κ2) is 10.8. The number of H-pyrrole nitrogens is 1. The van der Waals surface area contributed by atoms with Gasteiger partial charge in [0, 0.05) is 22.8 Å². The average molecular weight is 486 g/mol. The van der Waals surface area contributed by atoms with Crippen molar-refractivity contribution in [2.24, 2.45) is 0 Å². The highest BCUT2D eigenvalue weighted by molar-refractivity contribution is 6.00. The van der Waals surface area contributed by atoms with Gasteiger partial charge in [0.15, 0.2) is 0 Å². The van der Waals surface area contributed by atoms with E-state index in [-0.39, 0.29) is 0 Å². The summed E-state index contributed by atoms with van der Waals surface area (Å²) in [7, 11) is 0. The molecular formula is C32H27N3O2. The number of nitrogens with one attached hydrogen (secondary N) is 2. The average Bonchev–Trinajstić information content (AvgIpc) is 3.40. The fourth-order valence-electron chi connectivity index (χ4n) is 4.51. The number of carbonyl (C=O) groups is 1. The van der Waals surface area contributed by atoms with Gasteiger partial charge in [0.25, 0.3) is 0 Å². The van der Waals surface area contributed by atoms with E-state index in [4.69, 9.17) is 5.11 Å². The summed E-state index contributed by atoms with van der Waals surface area (Å²) in [5.74, 6) is -0.962. The second-order valence-electron chi connectivity index (χ2n) is 8.74. The lowest BCUT2D eigenvalue weighted by atomic mass is 9.87. The third kappa shape index (κ3) is 5.52. The van der Waals surface area contributed by atoms with Crippen molar-refractivity contribution in [2.45, 2.75) is 13.3 Å². The molecule has 0 atom stereocenters. The minimum absolute atomic E-state index is 0.838. The molecule has 0 saturated carbocycles. The van der Waals surface area contributed by atoms with E-state index < -0.39 is 5.97 Å². The van der Waals surface area contributed by atoms with Crippen molar-refractivity contribution < 1.29 is 9.90 Å². The van der Waals surface area contributed by atoms with Crippen LogP contribution < -0.4 is 5.32 Å². The number of benzene rings is 4. The number of aromatic nitrogens is 2. The number of nitrogens with zero attached hydrogens (tertiary/aromatic N) is 1. The van der Waals surface area contributed by atoms with Crippen LogP contribution in [0.4, 0.5) is 11.4 Å². The Balaban J connectivity index is 1.58. The van der Waals surface area contributed by atoms with Crippen molar-refractivity contribution in [3.63, 3.8) is 0 Å². The second-order valence-corrected chi connectivity index (χ2v) is 8.74. The Morgan fingerprint density at radius 2 is 1.54 bits per heavy atom. The topological polar surface area (TPSA) is 78.0 Å². The van der Waals surface area contributed by atoms with Crippen LogP contribution in [0.15, 0.2) is 109 Å². The van der Waals surface area contributed by atoms with Crippen LogP contribution in [0.25, 0.3) is 28.1 Å². The molecule has 0 aliphatic heterocycles. The van der Waals surface area contributed by atoms with Crippen molar-refractivity contribution in [3.8, 4) is 0 Å². The summed E-state index contributed by atoms with van der Waals surface area (Å²) in [5.41, 5.74) is 9.60. The Labute approximate surface area is 215 Å². The first-order valence-corrected chi connectivity index (χ1v) is 12.2. The van der Waals surface area contributed by atoms with Gasteiger partial charge in [-0.15, -0.1) is 0 Å². The number of fused-ring (bicyclic) bond motifs is 1. The molecule has 3 N–H and O–H groups in total. The quantitative estimate of drug-likeness (QED) is 0.155. The smallest absolute Gasteiger partial charge is 0.328 e. The summed E-state index contributed by atoms with van der Waals surface area (Å²) >= 11 is 0. The van der Waals surface area contributed by atoms with Crippen LogP contribution in [0.5, 0.6) is 0 Å².